The summed E-state index contributed by atoms with van der Waals surface area (Å²) in [6.45, 7) is 11.9. The van der Waals surface area contributed by atoms with Gasteiger partial charge < -0.3 is 15.0 Å². The summed E-state index contributed by atoms with van der Waals surface area (Å²) in [5.74, 6) is 0.791. The van der Waals surface area contributed by atoms with E-state index in [0.29, 0.717) is 37.2 Å². The zero-order chi connectivity index (χ0) is 21.7. The average Bonchev–Trinajstić information content (AvgIpc) is 2.74. The topological polar surface area (TPSA) is 87.9 Å². The van der Waals surface area contributed by atoms with Gasteiger partial charge in [0.15, 0.2) is 0 Å². The number of morpholine rings is 1. The van der Waals surface area contributed by atoms with Gasteiger partial charge in [-0.05, 0) is 30.7 Å². The zero-order valence-corrected chi connectivity index (χ0v) is 18.3. The third-order valence-corrected chi connectivity index (χ3v) is 6.32. The average molecular weight is 419 g/mol. The Labute approximate surface area is 178 Å². The highest BCUT2D eigenvalue weighted by atomic mass is 16.6. The van der Waals surface area contributed by atoms with Crippen molar-refractivity contribution in [2.75, 3.05) is 50.8 Å². The zero-order valence-electron chi connectivity index (χ0n) is 18.3. The fraction of sp³-hybridized carbons (Fsp3) is 0.682. The van der Waals surface area contributed by atoms with Crippen LogP contribution in [-0.2, 0) is 4.74 Å². The van der Waals surface area contributed by atoms with Crippen molar-refractivity contribution < 1.29 is 14.5 Å². The molecular weight excluding hydrogens is 384 g/mol. The lowest BCUT2D eigenvalue weighted by atomic mass is 9.97. The van der Waals surface area contributed by atoms with Crippen molar-refractivity contribution >= 4 is 17.3 Å². The molecule has 8 heteroatoms. The second kappa shape index (κ2) is 10.2. The van der Waals surface area contributed by atoms with Crippen LogP contribution < -0.4 is 10.2 Å². The van der Waals surface area contributed by atoms with Gasteiger partial charge >= 0.3 is 0 Å². The van der Waals surface area contributed by atoms with Gasteiger partial charge in [-0.15, -0.1) is 0 Å². The van der Waals surface area contributed by atoms with Gasteiger partial charge in [-0.1, -0.05) is 20.8 Å². The van der Waals surface area contributed by atoms with Crippen LogP contribution in [0.2, 0.25) is 0 Å². The van der Waals surface area contributed by atoms with Crippen molar-refractivity contribution in [2.45, 2.75) is 39.7 Å². The summed E-state index contributed by atoms with van der Waals surface area (Å²) in [6.07, 6.45) is 2.12. The predicted molar refractivity (Wildman–Crippen MR) is 117 cm³/mol. The van der Waals surface area contributed by atoms with Crippen LogP contribution in [0.4, 0.5) is 11.4 Å². The van der Waals surface area contributed by atoms with Gasteiger partial charge in [0.1, 0.15) is 0 Å². The maximum Gasteiger partial charge on any atom is 0.270 e. The number of nitro benzene ring substituents is 1. The van der Waals surface area contributed by atoms with Crippen molar-refractivity contribution in [3.8, 4) is 0 Å². The monoisotopic (exact) mass is 418 g/mol. The molecule has 2 aliphatic rings. The maximum absolute atomic E-state index is 13.2. The standard InChI is InChI=1S/C22H34N4O4/c1-16(2)21(25-10-12-30-13-11-25)15-23-22(27)19-14-18(26(28)29)4-5-20(19)24-8-6-17(3)7-9-24/h4-5,14,16-17,21H,6-13,15H2,1-3H3,(H,23,27). The van der Waals surface area contributed by atoms with E-state index in [1.807, 2.05) is 0 Å². The molecule has 3 rings (SSSR count). The number of carbonyl (C=O) groups is 1. The third kappa shape index (κ3) is 5.49. The second-order valence-corrected chi connectivity index (χ2v) is 8.80. The molecule has 2 saturated heterocycles. The molecule has 30 heavy (non-hydrogen) atoms. The number of nitro groups is 1. The number of nitrogens with one attached hydrogen (secondary N) is 1. The van der Waals surface area contributed by atoms with Gasteiger partial charge in [-0.2, -0.15) is 0 Å². The molecule has 2 aliphatic heterocycles. The summed E-state index contributed by atoms with van der Waals surface area (Å²) >= 11 is 0. The lowest BCUT2D eigenvalue weighted by Crippen LogP contribution is -2.51. The van der Waals surface area contributed by atoms with Gasteiger partial charge in [-0.3, -0.25) is 19.8 Å². The minimum Gasteiger partial charge on any atom is -0.379 e. The molecule has 1 atom stereocenters. The molecule has 1 aromatic carbocycles. The number of hydrogen-bond acceptors (Lipinski definition) is 6. The van der Waals surface area contributed by atoms with Crippen LogP contribution in [0.15, 0.2) is 18.2 Å². The molecule has 0 aliphatic carbocycles. The van der Waals surface area contributed by atoms with Crippen LogP contribution in [0.1, 0.15) is 44.0 Å². The lowest BCUT2D eigenvalue weighted by molar-refractivity contribution is -0.384. The highest BCUT2D eigenvalue weighted by Gasteiger charge is 2.27. The summed E-state index contributed by atoms with van der Waals surface area (Å²) < 4.78 is 5.45. The first-order valence-corrected chi connectivity index (χ1v) is 11.0. The number of nitrogens with zero attached hydrogens (tertiary/aromatic N) is 3. The molecule has 1 N–H and O–H groups in total. The molecule has 0 bridgehead atoms. The highest BCUT2D eigenvalue weighted by molar-refractivity contribution is 6.00. The Morgan fingerprint density at radius 1 is 1.23 bits per heavy atom. The molecule has 1 amide bonds. The fourth-order valence-corrected chi connectivity index (χ4v) is 4.33. The molecule has 0 saturated carbocycles. The van der Waals surface area contributed by atoms with E-state index in [4.69, 9.17) is 4.74 Å². The smallest absolute Gasteiger partial charge is 0.270 e. The Balaban J connectivity index is 1.77. The van der Waals surface area contributed by atoms with Crippen LogP contribution >= 0.6 is 0 Å². The first kappa shape index (κ1) is 22.5. The van der Waals surface area contributed by atoms with E-state index in [9.17, 15) is 14.9 Å². The Hall–Kier alpha value is -2.19. The van der Waals surface area contributed by atoms with E-state index in [-0.39, 0.29) is 17.6 Å². The van der Waals surface area contributed by atoms with Gasteiger partial charge in [-0.25, -0.2) is 0 Å². The van der Waals surface area contributed by atoms with Crippen molar-refractivity contribution in [2.24, 2.45) is 11.8 Å². The Bertz CT molecular complexity index is 741. The van der Waals surface area contributed by atoms with E-state index in [1.54, 1.807) is 6.07 Å². The van der Waals surface area contributed by atoms with E-state index in [1.165, 1.54) is 12.1 Å². The number of amides is 1. The summed E-state index contributed by atoms with van der Waals surface area (Å²) in [5, 5.41) is 14.4. The summed E-state index contributed by atoms with van der Waals surface area (Å²) in [7, 11) is 0. The Morgan fingerprint density at radius 2 is 1.90 bits per heavy atom. The predicted octanol–water partition coefficient (Wildman–Crippen LogP) is 2.92. The number of non-ortho nitro benzene ring substituents is 1. The number of ether oxygens (including phenoxy) is 1. The van der Waals surface area contributed by atoms with Crippen molar-refractivity contribution in [3.05, 3.63) is 33.9 Å². The van der Waals surface area contributed by atoms with Crippen LogP contribution in [0, 0.1) is 22.0 Å². The van der Waals surface area contributed by atoms with Gasteiger partial charge in [0.2, 0.25) is 0 Å². The second-order valence-electron chi connectivity index (χ2n) is 8.80. The van der Waals surface area contributed by atoms with E-state index in [2.05, 4.69) is 35.9 Å². The highest BCUT2D eigenvalue weighted by Crippen LogP contribution is 2.29. The number of benzene rings is 1. The third-order valence-electron chi connectivity index (χ3n) is 6.32. The van der Waals surface area contributed by atoms with E-state index in [0.717, 1.165) is 44.7 Å². The first-order valence-electron chi connectivity index (χ1n) is 11.0. The van der Waals surface area contributed by atoms with Gasteiger partial charge in [0, 0.05) is 50.9 Å². The molecule has 0 radical (unpaired) electrons. The molecule has 166 valence electrons. The van der Waals surface area contributed by atoms with Crippen molar-refractivity contribution in [1.82, 2.24) is 10.2 Å². The summed E-state index contributed by atoms with van der Waals surface area (Å²) in [5.41, 5.74) is 1.13. The normalized spacial score (nSPS) is 19.7. The molecule has 1 aromatic rings. The van der Waals surface area contributed by atoms with E-state index < -0.39 is 4.92 Å². The van der Waals surface area contributed by atoms with E-state index >= 15 is 0 Å². The largest absolute Gasteiger partial charge is 0.379 e. The summed E-state index contributed by atoms with van der Waals surface area (Å²) in [6, 6.07) is 4.84. The van der Waals surface area contributed by atoms with Crippen molar-refractivity contribution in [1.29, 1.82) is 0 Å². The van der Waals surface area contributed by atoms with Crippen molar-refractivity contribution in [3.63, 3.8) is 0 Å². The SMILES string of the molecule is CC1CCN(c2ccc([N+](=O)[O-])cc2C(=O)NCC(C(C)C)N2CCOCC2)CC1. The Morgan fingerprint density at radius 3 is 2.50 bits per heavy atom. The van der Waals surface area contributed by atoms with Crippen LogP contribution in [0.3, 0.4) is 0 Å². The minimum absolute atomic E-state index is 0.0529. The molecule has 2 fully saturated rings. The molecule has 1 unspecified atom stereocenters. The molecule has 0 aromatic heterocycles. The minimum atomic E-state index is -0.441. The molecule has 0 spiro atoms. The number of carbonyl (C=O) groups excluding carboxylic acids is 1. The van der Waals surface area contributed by atoms with Crippen LogP contribution in [0.5, 0.6) is 0 Å². The van der Waals surface area contributed by atoms with Gasteiger partial charge in [0.25, 0.3) is 11.6 Å². The number of hydrogen-bond donors (Lipinski definition) is 1. The molecule has 8 nitrogen and oxygen atoms in total. The Kier molecular flexibility index (Phi) is 7.66. The maximum atomic E-state index is 13.2. The number of anilines is 1. The number of rotatable bonds is 7. The fourth-order valence-electron chi connectivity index (χ4n) is 4.33. The summed E-state index contributed by atoms with van der Waals surface area (Å²) in [4.78, 5) is 28.6. The van der Waals surface area contributed by atoms with Crippen LogP contribution in [-0.4, -0.2) is 67.7 Å². The van der Waals surface area contributed by atoms with Gasteiger partial charge in [0.05, 0.1) is 29.4 Å². The lowest BCUT2D eigenvalue weighted by Gasteiger charge is -2.37. The molecular formula is C22H34N4O4. The first-order chi connectivity index (χ1) is 14.4. The molecule has 2 heterocycles. The van der Waals surface area contributed by atoms with Crippen LogP contribution in [0.25, 0.3) is 0 Å². The number of piperidine rings is 1. The quantitative estimate of drug-likeness (QED) is 0.541.